The van der Waals surface area contributed by atoms with Crippen LogP contribution in [0, 0.1) is 5.82 Å². The maximum absolute atomic E-state index is 13.5. The van der Waals surface area contributed by atoms with Crippen molar-refractivity contribution < 1.29 is 23.5 Å². The standard InChI is InChI=1S/C26H30FN5O4S/c1-14(2)30-24(35)26(4,5)36-19-12-6-16(7-13-19)20(33)21-22(28)31-25(37-21)32(15(3)23(29)34)18-10-8-17(27)9-11-18/h6-15H,28H2,1-5H3,(H2,29,34)(H,30,35). The fourth-order valence-corrected chi connectivity index (χ4v) is 4.45. The number of hydrogen-bond acceptors (Lipinski definition) is 8. The van der Waals surface area contributed by atoms with Crippen molar-refractivity contribution in [1.82, 2.24) is 10.3 Å². The zero-order valence-electron chi connectivity index (χ0n) is 21.2. The number of thiazole rings is 1. The lowest BCUT2D eigenvalue weighted by atomic mass is 10.1. The minimum Gasteiger partial charge on any atom is -0.478 e. The molecule has 0 aliphatic carbocycles. The Morgan fingerprint density at radius 3 is 2.19 bits per heavy atom. The Hall–Kier alpha value is -3.99. The van der Waals surface area contributed by atoms with Crippen LogP contribution in [0.3, 0.4) is 0 Å². The van der Waals surface area contributed by atoms with E-state index in [1.807, 2.05) is 13.8 Å². The Kier molecular flexibility index (Phi) is 8.17. The summed E-state index contributed by atoms with van der Waals surface area (Å²) in [4.78, 5) is 43.6. The van der Waals surface area contributed by atoms with Crippen LogP contribution in [0.5, 0.6) is 5.75 Å². The van der Waals surface area contributed by atoms with Gasteiger partial charge < -0.3 is 26.4 Å². The van der Waals surface area contributed by atoms with Gasteiger partial charge in [-0.1, -0.05) is 11.3 Å². The molecule has 11 heteroatoms. The lowest BCUT2D eigenvalue weighted by Crippen LogP contribution is -2.48. The van der Waals surface area contributed by atoms with E-state index in [2.05, 4.69) is 10.3 Å². The number of aromatic nitrogens is 1. The number of amides is 2. The summed E-state index contributed by atoms with van der Waals surface area (Å²) >= 11 is 0.994. The van der Waals surface area contributed by atoms with Gasteiger partial charge in [-0.2, -0.15) is 0 Å². The topological polar surface area (TPSA) is 141 Å². The van der Waals surface area contributed by atoms with Crippen molar-refractivity contribution in [3.05, 3.63) is 64.8 Å². The number of primary amides is 1. The number of nitrogens with two attached hydrogens (primary N) is 2. The average molecular weight is 528 g/mol. The third-order valence-corrected chi connectivity index (χ3v) is 6.48. The Morgan fingerprint density at radius 2 is 1.65 bits per heavy atom. The van der Waals surface area contributed by atoms with Crippen LogP contribution in [-0.2, 0) is 9.59 Å². The smallest absolute Gasteiger partial charge is 0.263 e. The van der Waals surface area contributed by atoms with Crippen molar-refractivity contribution in [1.29, 1.82) is 0 Å². The van der Waals surface area contributed by atoms with E-state index in [0.717, 1.165) is 11.3 Å². The molecule has 1 atom stereocenters. The van der Waals surface area contributed by atoms with Gasteiger partial charge in [0.1, 0.15) is 28.3 Å². The summed E-state index contributed by atoms with van der Waals surface area (Å²) in [6.07, 6.45) is 0. The molecule has 37 heavy (non-hydrogen) atoms. The SMILES string of the molecule is CC(C)NC(=O)C(C)(C)Oc1ccc(C(=O)c2sc(N(c3ccc(F)cc3)C(C)C(N)=O)nc2N)cc1. The van der Waals surface area contributed by atoms with Gasteiger partial charge in [0.05, 0.1) is 0 Å². The Balaban J connectivity index is 1.86. The number of halogens is 1. The van der Waals surface area contributed by atoms with E-state index in [1.165, 1.54) is 29.2 Å². The number of nitrogens with zero attached hydrogens (tertiary/aromatic N) is 2. The summed E-state index contributed by atoms with van der Waals surface area (Å²) in [5, 5.41) is 3.07. The summed E-state index contributed by atoms with van der Waals surface area (Å²) in [5.74, 6) is -1.32. The normalized spacial score (nSPS) is 12.2. The fraction of sp³-hybridized carbons (Fsp3) is 0.308. The third kappa shape index (κ3) is 6.42. The van der Waals surface area contributed by atoms with E-state index in [1.54, 1.807) is 45.0 Å². The minimum absolute atomic E-state index is 0.0133. The number of anilines is 3. The first kappa shape index (κ1) is 27.6. The number of ketones is 1. The highest BCUT2D eigenvalue weighted by atomic mass is 32.1. The second kappa shape index (κ2) is 11.0. The van der Waals surface area contributed by atoms with Crippen molar-refractivity contribution in [3.8, 4) is 5.75 Å². The average Bonchev–Trinajstić information content (AvgIpc) is 3.20. The van der Waals surface area contributed by atoms with Crippen molar-refractivity contribution in [2.24, 2.45) is 5.73 Å². The monoisotopic (exact) mass is 527 g/mol. The van der Waals surface area contributed by atoms with E-state index in [-0.39, 0.29) is 33.6 Å². The second-order valence-corrected chi connectivity index (χ2v) is 10.2. The van der Waals surface area contributed by atoms with Gasteiger partial charge in [0.25, 0.3) is 5.91 Å². The number of carbonyl (C=O) groups is 3. The van der Waals surface area contributed by atoms with Crippen LogP contribution < -0.4 is 26.4 Å². The van der Waals surface area contributed by atoms with Gasteiger partial charge in [0.15, 0.2) is 10.7 Å². The number of benzene rings is 2. The molecule has 0 aliphatic heterocycles. The first-order chi connectivity index (χ1) is 17.3. The summed E-state index contributed by atoms with van der Waals surface area (Å²) in [5.41, 5.74) is 11.3. The fourth-order valence-electron chi connectivity index (χ4n) is 3.40. The molecule has 0 aliphatic rings. The quantitative estimate of drug-likeness (QED) is 0.341. The predicted octanol–water partition coefficient (Wildman–Crippen LogP) is 3.79. The molecule has 3 aromatic rings. The molecule has 0 fully saturated rings. The van der Waals surface area contributed by atoms with Gasteiger partial charge in [-0.15, -0.1) is 0 Å². The molecular formula is C26H30FN5O4S. The van der Waals surface area contributed by atoms with E-state index < -0.39 is 23.4 Å². The molecule has 0 bridgehead atoms. The van der Waals surface area contributed by atoms with Crippen LogP contribution in [0.25, 0.3) is 0 Å². The summed E-state index contributed by atoms with van der Waals surface area (Å²) in [6.45, 7) is 8.61. The van der Waals surface area contributed by atoms with Crippen molar-refractivity contribution in [3.63, 3.8) is 0 Å². The molecule has 0 radical (unpaired) electrons. The first-order valence-electron chi connectivity index (χ1n) is 11.5. The van der Waals surface area contributed by atoms with Crippen molar-refractivity contribution in [2.45, 2.75) is 52.3 Å². The van der Waals surface area contributed by atoms with Gasteiger partial charge in [-0.25, -0.2) is 9.37 Å². The maximum Gasteiger partial charge on any atom is 0.263 e. The summed E-state index contributed by atoms with van der Waals surface area (Å²) in [7, 11) is 0. The van der Waals surface area contributed by atoms with Gasteiger partial charge >= 0.3 is 0 Å². The number of carbonyl (C=O) groups excluding carboxylic acids is 3. The van der Waals surface area contributed by atoms with Crippen LogP contribution in [0.15, 0.2) is 48.5 Å². The van der Waals surface area contributed by atoms with Crippen molar-refractivity contribution in [2.75, 3.05) is 10.6 Å². The number of ether oxygens (including phenoxy) is 1. The van der Waals surface area contributed by atoms with E-state index in [4.69, 9.17) is 16.2 Å². The molecule has 2 aromatic carbocycles. The molecule has 0 saturated heterocycles. The van der Waals surface area contributed by atoms with Gasteiger partial charge in [-0.3, -0.25) is 14.4 Å². The van der Waals surface area contributed by atoms with E-state index in [9.17, 15) is 18.8 Å². The van der Waals surface area contributed by atoms with Crippen LogP contribution in [0.1, 0.15) is 49.9 Å². The molecule has 3 rings (SSSR count). The van der Waals surface area contributed by atoms with Crippen LogP contribution in [-0.4, -0.2) is 40.3 Å². The Bertz CT molecular complexity index is 1290. The molecule has 0 saturated carbocycles. The van der Waals surface area contributed by atoms with Crippen molar-refractivity contribution >= 4 is 45.6 Å². The molecule has 2 amide bonds. The molecular weight excluding hydrogens is 497 g/mol. The molecule has 0 spiro atoms. The van der Waals surface area contributed by atoms with Crippen LogP contribution in [0.4, 0.5) is 21.0 Å². The summed E-state index contributed by atoms with van der Waals surface area (Å²) in [6, 6.07) is 10.9. The first-order valence-corrected chi connectivity index (χ1v) is 12.4. The second-order valence-electron chi connectivity index (χ2n) is 9.23. The number of nitrogen functional groups attached to an aromatic ring is 1. The maximum atomic E-state index is 13.5. The molecule has 196 valence electrons. The minimum atomic E-state index is -1.12. The lowest BCUT2D eigenvalue weighted by molar-refractivity contribution is -0.134. The zero-order valence-corrected chi connectivity index (χ0v) is 22.1. The molecule has 1 heterocycles. The molecule has 9 nitrogen and oxygen atoms in total. The zero-order chi connectivity index (χ0) is 27.5. The molecule has 1 unspecified atom stereocenters. The number of nitrogens with one attached hydrogen (secondary N) is 1. The highest BCUT2D eigenvalue weighted by molar-refractivity contribution is 7.18. The van der Waals surface area contributed by atoms with E-state index >= 15 is 0 Å². The Morgan fingerprint density at radius 1 is 1.05 bits per heavy atom. The number of rotatable bonds is 10. The van der Waals surface area contributed by atoms with E-state index in [0.29, 0.717) is 17.0 Å². The van der Waals surface area contributed by atoms with Gasteiger partial charge in [-0.05, 0) is 83.1 Å². The predicted molar refractivity (Wildman–Crippen MR) is 142 cm³/mol. The lowest BCUT2D eigenvalue weighted by Gasteiger charge is -2.26. The van der Waals surface area contributed by atoms with Crippen LogP contribution in [0.2, 0.25) is 0 Å². The number of hydrogen-bond donors (Lipinski definition) is 3. The summed E-state index contributed by atoms with van der Waals surface area (Å²) < 4.78 is 19.3. The highest BCUT2D eigenvalue weighted by Crippen LogP contribution is 2.36. The Labute approximate surface area is 218 Å². The van der Waals surface area contributed by atoms with Gasteiger partial charge in [0, 0.05) is 17.3 Å². The largest absolute Gasteiger partial charge is 0.478 e. The molecule has 1 aromatic heterocycles. The molecule has 5 N–H and O–H groups in total. The van der Waals surface area contributed by atoms with Crippen LogP contribution >= 0.6 is 11.3 Å². The highest BCUT2D eigenvalue weighted by Gasteiger charge is 2.31. The third-order valence-electron chi connectivity index (χ3n) is 5.41. The van der Waals surface area contributed by atoms with Gasteiger partial charge in [0.2, 0.25) is 11.7 Å².